The van der Waals surface area contributed by atoms with E-state index < -0.39 is 0 Å². The van der Waals surface area contributed by atoms with Crippen molar-refractivity contribution >= 4 is 0 Å². The summed E-state index contributed by atoms with van der Waals surface area (Å²) in [5, 5.41) is 4.71. The molecule has 0 saturated carbocycles. The lowest BCUT2D eigenvalue weighted by atomic mass is 10.1. The Morgan fingerprint density at radius 2 is 1.48 bits per heavy atom. The van der Waals surface area contributed by atoms with Crippen molar-refractivity contribution in [2.75, 3.05) is 65.6 Å². The Labute approximate surface area is 162 Å². The van der Waals surface area contributed by atoms with Crippen molar-refractivity contribution < 1.29 is 4.74 Å². The van der Waals surface area contributed by atoms with Crippen molar-refractivity contribution in [3.63, 3.8) is 0 Å². The van der Waals surface area contributed by atoms with Gasteiger partial charge in [0.15, 0.2) is 0 Å². The minimum absolute atomic E-state index is 0.892. The molecule has 0 N–H and O–H groups in total. The summed E-state index contributed by atoms with van der Waals surface area (Å²) in [7, 11) is 2.01. The second-order valence-corrected chi connectivity index (χ2v) is 7.61. The second-order valence-electron chi connectivity index (χ2n) is 7.61. The monoisotopic (exact) mass is 369 g/mol. The number of hydrogen-bond donors (Lipinski definition) is 0. The summed E-state index contributed by atoms with van der Waals surface area (Å²) in [4.78, 5) is 7.69. The average Bonchev–Trinajstić information content (AvgIpc) is 3.09. The molecule has 6 heteroatoms. The van der Waals surface area contributed by atoms with Gasteiger partial charge in [0.25, 0.3) is 0 Å². The van der Waals surface area contributed by atoms with E-state index >= 15 is 0 Å². The minimum Gasteiger partial charge on any atom is -0.379 e. The van der Waals surface area contributed by atoms with Crippen LogP contribution < -0.4 is 0 Å². The van der Waals surface area contributed by atoms with Crippen LogP contribution >= 0.6 is 0 Å². The van der Waals surface area contributed by atoms with Crippen molar-refractivity contribution in [2.24, 2.45) is 7.05 Å². The van der Waals surface area contributed by atoms with Crippen LogP contribution in [0.1, 0.15) is 5.56 Å². The standard InChI is InChI=1S/C21H31N5O/c1-23-17-20(21(22-23)19-5-3-2-4-6-19)18-26-11-9-24(10-12-26)7-8-25-13-15-27-16-14-25/h2-6,17H,7-16,18H2,1H3. The van der Waals surface area contributed by atoms with Crippen LogP contribution in [-0.2, 0) is 18.3 Å². The quantitative estimate of drug-likeness (QED) is 0.772. The Morgan fingerprint density at radius 1 is 0.852 bits per heavy atom. The molecule has 0 spiro atoms. The average molecular weight is 370 g/mol. The smallest absolute Gasteiger partial charge is 0.0968 e. The molecule has 0 radical (unpaired) electrons. The summed E-state index contributed by atoms with van der Waals surface area (Å²) in [5.74, 6) is 0. The van der Waals surface area contributed by atoms with Crippen LogP contribution in [0.3, 0.4) is 0 Å². The van der Waals surface area contributed by atoms with Crippen molar-refractivity contribution in [2.45, 2.75) is 6.54 Å². The number of nitrogens with zero attached hydrogens (tertiary/aromatic N) is 5. The maximum absolute atomic E-state index is 5.44. The van der Waals surface area contributed by atoms with Crippen molar-refractivity contribution in [1.82, 2.24) is 24.5 Å². The van der Waals surface area contributed by atoms with E-state index in [0.29, 0.717) is 0 Å². The van der Waals surface area contributed by atoms with E-state index in [4.69, 9.17) is 9.84 Å². The zero-order valence-electron chi connectivity index (χ0n) is 16.4. The molecule has 1 aromatic heterocycles. The van der Waals surface area contributed by atoms with E-state index in [-0.39, 0.29) is 0 Å². The predicted octanol–water partition coefficient (Wildman–Crippen LogP) is 1.54. The summed E-state index contributed by atoms with van der Waals surface area (Å²) in [6, 6.07) is 10.5. The van der Waals surface area contributed by atoms with Gasteiger partial charge in [-0.3, -0.25) is 19.4 Å². The largest absolute Gasteiger partial charge is 0.379 e. The Balaban J connectivity index is 1.28. The highest BCUT2D eigenvalue weighted by Crippen LogP contribution is 2.23. The van der Waals surface area contributed by atoms with Crippen LogP contribution in [0.4, 0.5) is 0 Å². The zero-order valence-corrected chi connectivity index (χ0v) is 16.4. The number of benzene rings is 1. The SMILES string of the molecule is Cn1cc(CN2CCN(CCN3CCOCC3)CC2)c(-c2ccccc2)n1. The summed E-state index contributed by atoms with van der Waals surface area (Å²) >= 11 is 0. The highest BCUT2D eigenvalue weighted by molar-refractivity contribution is 5.62. The topological polar surface area (TPSA) is 36.8 Å². The molecule has 2 fully saturated rings. The van der Waals surface area contributed by atoms with Gasteiger partial charge in [0, 0.05) is 83.3 Å². The van der Waals surface area contributed by atoms with E-state index in [1.165, 1.54) is 24.2 Å². The number of morpholine rings is 1. The molecule has 0 aliphatic carbocycles. The van der Waals surface area contributed by atoms with Gasteiger partial charge in [-0.05, 0) is 0 Å². The number of piperazine rings is 1. The first-order valence-electron chi connectivity index (χ1n) is 10.1. The van der Waals surface area contributed by atoms with Gasteiger partial charge in [-0.2, -0.15) is 5.10 Å². The maximum atomic E-state index is 5.44. The molecule has 1 aromatic carbocycles. The molecule has 2 aromatic rings. The van der Waals surface area contributed by atoms with E-state index in [2.05, 4.69) is 51.2 Å². The first-order valence-corrected chi connectivity index (χ1v) is 10.1. The zero-order chi connectivity index (χ0) is 18.5. The van der Waals surface area contributed by atoms with E-state index in [9.17, 15) is 0 Å². The molecule has 0 atom stereocenters. The number of aromatic nitrogens is 2. The first kappa shape index (κ1) is 18.6. The first-order chi connectivity index (χ1) is 13.3. The highest BCUT2D eigenvalue weighted by atomic mass is 16.5. The van der Waals surface area contributed by atoms with Crippen LogP contribution in [0.5, 0.6) is 0 Å². The molecule has 3 heterocycles. The van der Waals surface area contributed by atoms with Crippen LogP contribution in [0, 0.1) is 0 Å². The van der Waals surface area contributed by atoms with Gasteiger partial charge in [0.2, 0.25) is 0 Å². The Bertz CT molecular complexity index is 703. The van der Waals surface area contributed by atoms with Gasteiger partial charge in [-0.15, -0.1) is 0 Å². The molecule has 27 heavy (non-hydrogen) atoms. The third-order valence-electron chi connectivity index (χ3n) is 5.65. The number of aryl methyl sites for hydroxylation is 1. The van der Waals surface area contributed by atoms with Gasteiger partial charge < -0.3 is 4.74 Å². The van der Waals surface area contributed by atoms with E-state index in [1.54, 1.807) is 0 Å². The highest BCUT2D eigenvalue weighted by Gasteiger charge is 2.20. The summed E-state index contributed by atoms with van der Waals surface area (Å²) < 4.78 is 7.38. The van der Waals surface area contributed by atoms with Gasteiger partial charge in [-0.25, -0.2) is 0 Å². The maximum Gasteiger partial charge on any atom is 0.0968 e. The number of ether oxygens (including phenoxy) is 1. The van der Waals surface area contributed by atoms with Gasteiger partial charge in [0.05, 0.1) is 18.9 Å². The van der Waals surface area contributed by atoms with Crippen molar-refractivity contribution in [1.29, 1.82) is 0 Å². The van der Waals surface area contributed by atoms with Crippen LogP contribution in [0.25, 0.3) is 11.3 Å². The molecule has 4 rings (SSSR count). The van der Waals surface area contributed by atoms with Crippen molar-refractivity contribution in [3.05, 3.63) is 42.1 Å². The molecule has 2 saturated heterocycles. The molecular formula is C21H31N5O. The molecule has 146 valence electrons. The molecular weight excluding hydrogens is 338 g/mol. The lowest BCUT2D eigenvalue weighted by molar-refractivity contribution is 0.0297. The van der Waals surface area contributed by atoms with Crippen LogP contribution in [0.15, 0.2) is 36.5 Å². The summed E-state index contributed by atoms with van der Waals surface area (Å²) in [6.45, 7) is 11.9. The molecule has 0 bridgehead atoms. The van der Waals surface area contributed by atoms with Crippen molar-refractivity contribution in [3.8, 4) is 11.3 Å². The Kier molecular flexibility index (Phi) is 6.19. The Hall–Kier alpha value is -1.73. The van der Waals surface area contributed by atoms with E-state index in [1.807, 2.05) is 11.7 Å². The molecule has 2 aliphatic heterocycles. The number of hydrogen-bond acceptors (Lipinski definition) is 5. The third kappa shape index (κ3) is 4.96. The lowest BCUT2D eigenvalue weighted by Crippen LogP contribution is -2.49. The van der Waals surface area contributed by atoms with Gasteiger partial charge in [0.1, 0.15) is 0 Å². The third-order valence-corrected chi connectivity index (χ3v) is 5.65. The fourth-order valence-electron chi connectivity index (χ4n) is 4.01. The fraction of sp³-hybridized carbons (Fsp3) is 0.571. The molecule has 0 amide bonds. The van der Waals surface area contributed by atoms with Gasteiger partial charge >= 0.3 is 0 Å². The van der Waals surface area contributed by atoms with E-state index in [0.717, 1.165) is 64.7 Å². The summed E-state index contributed by atoms with van der Waals surface area (Å²) in [6.07, 6.45) is 2.17. The summed E-state index contributed by atoms with van der Waals surface area (Å²) in [5.41, 5.74) is 3.65. The second kappa shape index (κ2) is 8.97. The number of rotatable bonds is 6. The molecule has 6 nitrogen and oxygen atoms in total. The Morgan fingerprint density at radius 3 is 2.19 bits per heavy atom. The fourth-order valence-corrected chi connectivity index (χ4v) is 4.01. The van der Waals surface area contributed by atoms with Gasteiger partial charge in [-0.1, -0.05) is 30.3 Å². The molecule has 0 unspecified atom stereocenters. The van der Waals surface area contributed by atoms with Crippen LogP contribution in [-0.4, -0.2) is 90.1 Å². The lowest BCUT2D eigenvalue weighted by Gasteiger charge is -2.36. The predicted molar refractivity (Wildman–Crippen MR) is 108 cm³/mol. The molecule has 2 aliphatic rings. The normalized spacial score (nSPS) is 20.2. The minimum atomic E-state index is 0.892. The van der Waals surface area contributed by atoms with Crippen LogP contribution in [0.2, 0.25) is 0 Å².